The highest BCUT2D eigenvalue weighted by atomic mass is 19.1. The normalized spacial score (nSPS) is 10.4. The SMILES string of the molecule is CN(CCc1ccncc1)c1ccc(NC(=O)Cc2ccc(F)cc2)nc1. The number of benzene rings is 1. The Kier molecular flexibility index (Phi) is 6.10. The van der Waals surface area contributed by atoms with Gasteiger partial charge in [0.15, 0.2) is 0 Å². The Balaban J connectivity index is 1.51. The summed E-state index contributed by atoms with van der Waals surface area (Å²) in [5, 5.41) is 2.76. The van der Waals surface area contributed by atoms with Crippen molar-refractivity contribution in [2.75, 3.05) is 23.8 Å². The smallest absolute Gasteiger partial charge is 0.229 e. The topological polar surface area (TPSA) is 58.1 Å². The van der Waals surface area contributed by atoms with Crippen molar-refractivity contribution in [3.05, 3.63) is 84.1 Å². The van der Waals surface area contributed by atoms with Crippen molar-refractivity contribution < 1.29 is 9.18 Å². The van der Waals surface area contributed by atoms with Crippen LogP contribution in [0.1, 0.15) is 11.1 Å². The van der Waals surface area contributed by atoms with Crippen molar-refractivity contribution >= 4 is 17.4 Å². The van der Waals surface area contributed by atoms with E-state index in [1.807, 2.05) is 25.2 Å². The number of anilines is 2. The number of hydrogen-bond acceptors (Lipinski definition) is 4. The minimum absolute atomic E-state index is 0.176. The molecule has 0 atom stereocenters. The molecule has 6 heteroatoms. The van der Waals surface area contributed by atoms with E-state index in [1.165, 1.54) is 17.7 Å². The fourth-order valence-corrected chi connectivity index (χ4v) is 2.64. The quantitative estimate of drug-likeness (QED) is 0.697. The third-order valence-electron chi connectivity index (χ3n) is 4.22. The molecule has 0 radical (unpaired) electrons. The van der Waals surface area contributed by atoms with Crippen LogP contribution in [0.5, 0.6) is 0 Å². The van der Waals surface area contributed by atoms with E-state index in [0.29, 0.717) is 5.82 Å². The minimum atomic E-state index is -0.315. The first kappa shape index (κ1) is 18.5. The number of nitrogens with one attached hydrogen (secondary N) is 1. The molecule has 2 heterocycles. The molecule has 138 valence electrons. The highest BCUT2D eigenvalue weighted by Gasteiger charge is 2.07. The van der Waals surface area contributed by atoms with Gasteiger partial charge in [-0.15, -0.1) is 0 Å². The summed E-state index contributed by atoms with van der Waals surface area (Å²) in [7, 11) is 2.00. The monoisotopic (exact) mass is 364 g/mol. The Morgan fingerprint density at radius 3 is 2.44 bits per heavy atom. The van der Waals surface area contributed by atoms with Crippen molar-refractivity contribution in [3.63, 3.8) is 0 Å². The molecule has 5 nitrogen and oxygen atoms in total. The van der Waals surface area contributed by atoms with Crippen molar-refractivity contribution in [2.24, 2.45) is 0 Å². The van der Waals surface area contributed by atoms with E-state index >= 15 is 0 Å². The van der Waals surface area contributed by atoms with Crippen LogP contribution in [0.3, 0.4) is 0 Å². The summed E-state index contributed by atoms with van der Waals surface area (Å²) in [4.78, 5) is 22.5. The van der Waals surface area contributed by atoms with Gasteiger partial charge in [0.1, 0.15) is 11.6 Å². The van der Waals surface area contributed by atoms with Gasteiger partial charge in [-0.2, -0.15) is 0 Å². The van der Waals surface area contributed by atoms with Gasteiger partial charge in [0.25, 0.3) is 0 Å². The predicted octanol–water partition coefficient (Wildman–Crippen LogP) is 3.48. The van der Waals surface area contributed by atoms with Gasteiger partial charge in [0, 0.05) is 26.0 Å². The number of carbonyl (C=O) groups excluding carboxylic acids is 1. The molecule has 0 bridgehead atoms. The number of likely N-dealkylation sites (N-methyl/N-ethyl adjacent to an activating group) is 1. The standard InChI is InChI=1S/C21H21FN4O/c1-26(13-10-16-8-11-23-12-9-16)19-6-7-20(24-15-19)25-21(27)14-17-2-4-18(22)5-3-17/h2-9,11-12,15H,10,13-14H2,1H3,(H,24,25,27). The van der Waals surface area contributed by atoms with Gasteiger partial charge in [-0.3, -0.25) is 9.78 Å². The molecule has 27 heavy (non-hydrogen) atoms. The molecule has 0 saturated carbocycles. The van der Waals surface area contributed by atoms with Gasteiger partial charge < -0.3 is 10.2 Å². The number of pyridine rings is 2. The van der Waals surface area contributed by atoms with Crippen molar-refractivity contribution in [3.8, 4) is 0 Å². The summed E-state index contributed by atoms with van der Waals surface area (Å²) in [6.45, 7) is 0.849. The van der Waals surface area contributed by atoms with Gasteiger partial charge in [0.2, 0.25) is 5.91 Å². The number of rotatable bonds is 7. The van der Waals surface area contributed by atoms with Crippen LogP contribution in [-0.2, 0) is 17.6 Å². The zero-order chi connectivity index (χ0) is 19.1. The van der Waals surface area contributed by atoms with Crippen LogP contribution in [0.2, 0.25) is 0 Å². The van der Waals surface area contributed by atoms with Crippen LogP contribution >= 0.6 is 0 Å². The van der Waals surface area contributed by atoms with E-state index < -0.39 is 0 Å². The molecule has 3 rings (SSSR count). The van der Waals surface area contributed by atoms with E-state index in [4.69, 9.17) is 0 Å². The number of hydrogen-bond donors (Lipinski definition) is 1. The summed E-state index contributed by atoms with van der Waals surface area (Å²) < 4.78 is 12.9. The number of aromatic nitrogens is 2. The Morgan fingerprint density at radius 2 is 1.78 bits per heavy atom. The number of nitrogens with zero attached hydrogens (tertiary/aromatic N) is 3. The Labute approximate surface area is 157 Å². The molecule has 0 aliphatic heterocycles. The zero-order valence-electron chi connectivity index (χ0n) is 15.1. The molecule has 0 saturated heterocycles. The fraction of sp³-hybridized carbons (Fsp3) is 0.190. The second-order valence-corrected chi connectivity index (χ2v) is 6.28. The van der Waals surface area contributed by atoms with Gasteiger partial charge in [0.05, 0.1) is 18.3 Å². The third kappa shape index (κ3) is 5.60. The summed E-state index contributed by atoms with van der Waals surface area (Å²) in [5.41, 5.74) is 2.96. The van der Waals surface area contributed by atoms with Crippen molar-refractivity contribution in [1.82, 2.24) is 9.97 Å². The first-order valence-electron chi connectivity index (χ1n) is 8.70. The van der Waals surface area contributed by atoms with Crippen LogP contribution in [0, 0.1) is 5.82 Å². The highest BCUT2D eigenvalue weighted by Crippen LogP contribution is 2.15. The van der Waals surface area contributed by atoms with Gasteiger partial charge in [-0.05, 0) is 53.9 Å². The second kappa shape index (κ2) is 8.89. The average Bonchev–Trinajstić information content (AvgIpc) is 2.69. The molecule has 0 fully saturated rings. The lowest BCUT2D eigenvalue weighted by molar-refractivity contribution is -0.115. The lowest BCUT2D eigenvalue weighted by atomic mass is 10.1. The maximum atomic E-state index is 12.9. The Bertz CT molecular complexity index is 867. The molecule has 0 unspecified atom stereocenters. The Morgan fingerprint density at radius 1 is 1.04 bits per heavy atom. The minimum Gasteiger partial charge on any atom is -0.373 e. The van der Waals surface area contributed by atoms with Gasteiger partial charge >= 0.3 is 0 Å². The van der Waals surface area contributed by atoms with Crippen molar-refractivity contribution in [1.29, 1.82) is 0 Å². The first-order chi connectivity index (χ1) is 13.1. The predicted molar refractivity (Wildman–Crippen MR) is 104 cm³/mol. The van der Waals surface area contributed by atoms with Crippen LogP contribution in [0.25, 0.3) is 0 Å². The summed E-state index contributed by atoms with van der Waals surface area (Å²) >= 11 is 0. The molecular weight excluding hydrogens is 343 g/mol. The molecule has 3 aromatic rings. The maximum Gasteiger partial charge on any atom is 0.229 e. The second-order valence-electron chi connectivity index (χ2n) is 6.28. The molecular formula is C21H21FN4O. The highest BCUT2D eigenvalue weighted by molar-refractivity contribution is 5.91. The maximum absolute atomic E-state index is 12.9. The van der Waals surface area contributed by atoms with Crippen LogP contribution in [0.15, 0.2) is 67.1 Å². The summed E-state index contributed by atoms with van der Waals surface area (Å²) in [6.07, 6.45) is 6.41. The van der Waals surface area contributed by atoms with Gasteiger partial charge in [-0.25, -0.2) is 9.37 Å². The Hall–Kier alpha value is -3.28. The molecule has 0 aliphatic carbocycles. The molecule has 1 aromatic carbocycles. The lowest BCUT2D eigenvalue weighted by Crippen LogP contribution is -2.21. The third-order valence-corrected chi connectivity index (χ3v) is 4.22. The van der Waals surface area contributed by atoms with Crippen molar-refractivity contribution in [2.45, 2.75) is 12.8 Å². The molecule has 0 aliphatic rings. The van der Waals surface area contributed by atoms with Crippen LogP contribution in [-0.4, -0.2) is 29.5 Å². The summed E-state index contributed by atoms with van der Waals surface area (Å²) in [5.74, 6) is -0.00856. The fourth-order valence-electron chi connectivity index (χ4n) is 2.64. The molecule has 2 aromatic heterocycles. The van der Waals surface area contributed by atoms with Crippen LogP contribution in [0.4, 0.5) is 15.9 Å². The number of halogens is 1. The average molecular weight is 364 g/mol. The van der Waals surface area contributed by atoms with E-state index in [2.05, 4.69) is 20.2 Å². The molecule has 1 amide bonds. The summed E-state index contributed by atoms with van der Waals surface area (Å²) in [6, 6.07) is 13.6. The van der Waals surface area contributed by atoms with E-state index in [9.17, 15) is 9.18 Å². The largest absolute Gasteiger partial charge is 0.373 e. The van der Waals surface area contributed by atoms with E-state index in [0.717, 1.165) is 24.2 Å². The number of carbonyl (C=O) groups is 1. The van der Waals surface area contributed by atoms with Crippen LogP contribution < -0.4 is 10.2 Å². The van der Waals surface area contributed by atoms with E-state index in [1.54, 1.807) is 36.8 Å². The van der Waals surface area contributed by atoms with Gasteiger partial charge in [-0.1, -0.05) is 12.1 Å². The first-order valence-corrected chi connectivity index (χ1v) is 8.70. The van der Waals surface area contributed by atoms with E-state index in [-0.39, 0.29) is 18.1 Å². The molecule has 0 spiro atoms. The molecule has 1 N–H and O–H groups in total. The number of amides is 1. The zero-order valence-corrected chi connectivity index (χ0v) is 15.1. The lowest BCUT2D eigenvalue weighted by Gasteiger charge is -2.19.